The molecule has 1 aromatic heterocycles. The van der Waals surface area contributed by atoms with Gasteiger partial charge in [-0.1, -0.05) is 35.9 Å². The topological polar surface area (TPSA) is 80.1 Å². The van der Waals surface area contributed by atoms with Crippen LogP contribution in [0.1, 0.15) is 40.1 Å². The van der Waals surface area contributed by atoms with Crippen LogP contribution in [0.25, 0.3) is 11.0 Å². The van der Waals surface area contributed by atoms with Gasteiger partial charge in [-0.05, 0) is 38.0 Å². The number of nitrogens with zero attached hydrogens (tertiary/aromatic N) is 2. The number of aryl methyl sites for hydroxylation is 1. The van der Waals surface area contributed by atoms with Gasteiger partial charge in [0.15, 0.2) is 11.0 Å². The third kappa shape index (κ3) is 2.58. The van der Waals surface area contributed by atoms with Crippen molar-refractivity contribution < 1.29 is 18.7 Å². The van der Waals surface area contributed by atoms with Crippen molar-refractivity contribution in [2.24, 2.45) is 0 Å². The number of anilines is 1. The smallest absolute Gasteiger partial charge is 0.291 e. The molecular weight excluding hydrogens is 432 g/mol. The van der Waals surface area contributed by atoms with Gasteiger partial charge in [-0.15, -0.1) is 6.58 Å². The van der Waals surface area contributed by atoms with Crippen molar-refractivity contribution in [3.8, 4) is 0 Å². The van der Waals surface area contributed by atoms with Gasteiger partial charge < -0.3 is 19.0 Å². The molecule has 7 heteroatoms. The molecule has 2 aromatic carbocycles. The molecule has 2 atom stereocenters. The van der Waals surface area contributed by atoms with E-state index < -0.39 is 11.4 Å². The lowest BCUT2D eigenvalue weighted by Crippen LogP contribution is -2.55. The van der Waals surface area contributed by atoms with E-state index in [2.05, 4.69) is 6.58 Å². The average Bonchev–Trinajstić information content (AvgIpc) is 3.50. The van der Waals surface area contributed by atoms with E-state index in [4.69, 9.17) is 9.15 Å². The number of benzene rings is 2. The summed E-state index contributed by atoms with van der Waals surface area (Å²) in [5.74, 6) is -0.880. The molecule has 0 radical (unpaired) electrons. The summed E-state index contributed by atoms with van der Waals surface area (Å²) in [6.45, 7) is 6.75. The summed E-state index contributed by atoms with van der Waals surface area (Å²) in [5, 5.41) is 0.359. The Bertz CT molecular complexity index is 1430. The van der Waals surface area contributed by atoms with E-state index in [1.54, 1.807) is 23.1 Å². The molecule has 3 aromatic rings. The van der Waals surface area contributed by atoms with Crippen LogP contribution in [0.5, 0.6) is 0 Å². The van der Waals surface area contributed by atoms with Crippen molar-refractivity contribution in [1.29, 1.82) is 0 Å². The molecule has 0 bridgehead atoms. The number of carbonyl (C=O) groups excluding carboxylic acids is 2. The lowest BCUT2D eigenvalue weighted by atomic mass is 9.83. The van der Waals surface area contributed by atoms with Crippen molar-refractivity contribution in [1.82, 2.24) is 4.90 Å². The highest BCUT2D eigenvalue weighted by Gasteiger charge is 2.65. The predicted octanol–water partition coefficient (Wildman–Crippen LogP) is 3.51. The van der Waals surface area contributed by atoms with Crippen molar-refractivity contribution >= 4 is 28.5 Å². The molecule has 1 spiro atoms. The molecule has 4 heterocycles. The second-order valence-electron chi connectivity index (χ2n) is 9.12. The third-order valence-corrected chi connectivity index (χ3v) is 7.11. The summed E-state index contributed by atoms with van der Waals surface area (Å²) in [7, 11) is 0. The maximum absolute atomic E-state index is 14.3. The fourth-order valence-electron chi connectivity index (χ4n) is 5.66. The SMILES string of the molecule is C=CCN1C(=O)[C@]2(c3ccccc31)c1c(oc3ccc(C)cc3c1=O)C(=O)N2C[C@@H]1CCCO1. The van der Waals surface area contributed by atoms with Crippen LogP contribution in [0.3, 0.4) is 0 Å². The summed E-state index contributed by atoms with van der Waals surface area (Å²) in [4.78, 5) is 45.3. The summed E-state index contributed by atoms with van der Waals surface area (Å²) in [6, 6.07) is 12.6. The Balaban J connectivity index is 1.70. The normalized spacial score (nSPS) is 23.3. The molecule has 7 nitrogen and oxygen atoms in total. The number of hydrogen-bond donors (Lipinski definition) is 0. The van der Waals surface area contributed by atoms with Crippen molar-refractivity contribution in [3.63, 3.8) is 0 Å². The first-order valence-electron chi connectivity index (χ1n) is 11.5. The van der Waals surface area contributed by atoms with Gasteiger partial charge in [0.1, 0.15) is 5.58 Å². The molecule has 172 valence electrons. The van der Waals surface area contributed by atoms with Crippen LogP contribution >= 0.6 is 0 Å². The van der Waals surface area contributed by atoms with Crippen LogP contribution in [-0.2, 0) is 15.1 Å². The van der Waals surface area contributed by atoms with E-state index in [1.165, 1.54) is 4.90 Å². The lowest BCUT2D eigenvalue weighted by molar-refractivity contribution is -0.126. The fourth-order valence-corrected chi connectivity index (χ4v) is 5.66. The molecule has 2 amide bonds. The monoisotopic (exact) mass is 456 g/mol. The summed E-state index contributed by atoms with van der Waals surface area (Å²) < 4.78 is 11.9. The first kappa shape index (κ1) is 20.9. The molecule has 34 heavy (non-hydrogen) atoms. The number of rotatable bonds is 4. The summed E-state index contributed by atoms with van der Waals surface area (Å²) in [5.41, 5.74) is 0.625. The lowest BCUT2D eigenvalue weighted by Gasteiger charge is -2.35. The highest BCUT2D eigenvalue weighted by molar-refractivity contribution is 6.17. The largest absolute Gasteiger partial charge is 0.450 e. The number of fused-ring (bicyclic) bond motifs is 5. The molecule has 6 rings (SSSR count). The summed E-state index contributed by atoms with van der Waals surface area (Å²) in [6.07, 6.45) is 3.10. The number of hydrogen-bond acceptors (Lipinski definition) is 5. The minimum absolute atomic E-state index is 0.0667. The Morgan fingerprint density at radius 3 is 2.76 bits per heavy atom. The van der Waals surface area contributed by atoms with Gasteiger partial charge in [-0.25, -0.2) is 0 Å². The molecule has 1 saturated heterocycles. The van der Waals surface area contributed by atoms with Crippen molar-refractivity contribution in [2.75, 3.05) is 24.6 Å². The Labute approximate surface area is 196 Å². The van der Waals surface area contributed by atoms with E-state index in [0.717, 1.165) is 18.4 Å². The third-order valence-electron chi connectivity index (χ3n) is 7.11. The minimum Gasteiger partial charge on any atom is -0.450 e. The van der Waals surface area contributed by atoms with E-state index in [1.807, 2.05) is 37.3 Å². The number of carbonyl (C=O) groups is 2. The Morgan fingerprint density at radius 1 is 1.18 bits per heavy atom. The predicted molar refractivity (Wildman–Crippen MR) is 127 cm³/mol. The average molecular weight is 456 g/mol. The molecule has 3 aliphatic heterocycles. The highest BCUT2D eigenvalue weighted by Crippen LogP contribution is 2.52. The number of ether oxygens (including phenoxy) is 1. The Hall–Kier alpha value is -3.71. The Morgan fingerprint density at radius 2 is 2.00 bits per heavy atom. The quantitative estimate of drug-likeness (QED) is 0.562. The van der Waals surface area contributed by atoms with E-state index in [9.17, 15) is 14.4 Å². The second kappa shape index (κ2) is 7.40. The van der Waals surface area contributed by atoms with Gasteiger partial charge in [0, 0.05) is 25.3 Å². The molecule has 0 unspecified atom stereocenters. The van der Waals surface area contributed by atoms with Crippen LogP contribution in [0, 0.1) is 6.92 Å². The first-order chi connectivity index (χ1) is 16.5. The molecule has 0 aliphatic carbocycles. The zero-order chi connectivity index (χ0) is 23.6. The van der Waals surface area contributed by atoms with Crippen LogP contribution in [0.15, 0.2) is 64.3 Å². The van der Waals surface area contributed by atoms with E-state index in [0.29, 0.717) is 28.8 Å². The van der Waals surface area contributed by atoms with Gasteiger partial charge in [0.25, 0.3) is 11.8 Å². The van der Waals surface area contributed by atoms with Crippen LogP contribution < -0.4 is 10.3 Å². The number of para-hydroxylation sites is 1. The molecular formula is C27H24N2O5. The first-order valence-corrected chi connectivity index (χ1v) is 11.5. The maximum Gasteiger partial charge on any atom is 0.291 e. The van der Waals surface area contributed by atoms with Crippen LogP contribution in [0.2, 0.25) is 0 Å². The van der Waals surface area contributed by atoms with Gasteiger partial charge in [-0.2, -0.15) is 0 Å². The van der Waals surface area contributed by atoms with E-state index in [-0.39, 0.29) is 41.9 Å². The van der Waals surface area contributed by atoms with Gasteiger partial charge in [-0.3, -0.25) is 14.4 Å². The van der Waals surface area contributed by atoms with Gasteiger partial charge in [0.05, 0.1) is 22.7 Å². The van der Waals surface area contributed by atoms with Crippen molar-refractivity contribution in [3.05, 3.63) is 87.8 Å². The molecule has 3 aliphatic rings. The Kier molecular flexibility index (Phi) is 4.54. The zero-order valence-corrected chi connectivity index (χ0v) is 18.9. The number of amides is 2. The molecule has 0 saturated carbocycles. The zero-order valence-electron chi connectivity index (χ0n) is 18.9. The van der Waals surface area contributed by atoms with Crippen LogP contribution in [-0.4, -0.2) is 42.5 Å². The maximum atomic E-state index is 14.3. The second-order valence-corrected chi connectivity index (χ2v) is 9.12. The van der Waals surface area contributed by atoms with Crippen LogP contribution in [0.4, 0.5) is 5.69 Å². The fraction of sp³-hybridized carbons (Fsp3) is 0.296. The van der Waals surface area contributed by atoms with Gasteiger partial charge in [0.2, 0.25) is 5.76 Å². The van der Waals surface area contributed by atoms with Gasteiger partial charge >= 0.3 is 0 Å². The molecule has 0 N–H and O–H groups in total. The van der Waals surface area contributed by atoms with Crippen molar-refractivity contribution in [2.45, 2.75) is 31.4 Å². The van der Waals surface area contributed by atoms with E-state index >= 15 is 0 Å². The molecule has 1 fully saturated rings. The minimum atomic E-state index is -1.60. The summed E-state index contributed by atoms with van der Waals surface area (Å²) >= 11 is 0. The highest BCUT2D eigenvalue weighted by atomic mass is 16.5. The standard InChI is InChI=1S/C27H24N2O5/c1-3-12-28-20-9-5-4-8-19(20)27(26(28)32)22-23(30)18-14-16(2)10-11-21(18)34-24(22)25(31)29(27)15-17-7-6-13-33-17/h3-5,8-11,14,17H,1,6-7,12-13,15H2,2H3/t17-,27-/m0/s1.